The van der Waals surface area contributed by atoms with Gasteiger partial charge in [-0.1, -0.05) is 54.6 Å². The fourth-order valence-electron chi connectivity index (χ4n) is 3.33. The molecule has 1 aliphatic rings. The summed E-state index contributed by atoms with van der Waals surface area (Å²) in [6, 6.07) is 25.8. The van der Waals surface area contributed by atoms with Gasteiger partial charge >= 0.3 is 0 Å². The lowest BCUT2D eigenvalue weighted by atomic mass is 10.1. The number of nitrogens with one attached hydrogen (secondary N) is 1. The summed E-state index contributed by atoms with van der Waals surface area (Å²) < 4.78 is 10.9. The van der Waals surface area contributed by atoms with Crippen LogP contribution in [-0.4, -0.2) is 45.0 Å². The second-order valence-electron chi connectivity index (χ2n) is 7.16. The van der Waals surface area contributed by atoms with Crippen LogP contribution in [0.15, 0.2) is 84.0 Å². The second kappa shape index (κ2) is 10.4. The van der Waals surface area contributed by atoms with Gasteiger partial charge in [-0.15, -0.1) is 0 Å². The fraction of sp³-hybridized carbons (Fsp3) is 0.200. The van der Waals surface area contributed by atoms with Crippen molar-refractivity contribution in [2.75, 3.05) is 37.8 Å². The SMILES string of the molecule is O=C(COc1ccc(-c2ccccc2)cc1)N/N=C\c1ccc(N2CCOCC2)cc1. The lowest BCUT2D eigenvalue weighted by molar-refractivity contribution is -0.123. The molecule has 1 fully saturated rings. The molecule has 3 aromatic rings. The highest BCUT2D eigenvalue weighted by molar-refractivity contribution is 5.83. The van der Waals surface area contributed by atoms with E-state index in [2.05, 4.69) is 39.7 Å². The van der Waals surface area contributed by atoms with Crippen molar-refractivity contribution in [2.24, 2.45) is 5.10 Å². The molecule has 0 unspecified atom stereocenters. The Morgan fingerprint density at radius 1 is 0.935 bits per heavy atom. The van der Waals surface area contributed by atoms with E-state index in [4.69, 9.17) is 9.47 Å². The summed E-state index contributed by atoms with van der Waals surface area (Å²) in [4.78, 5) is 14.3. The number of rotatable bonds is 7. The number of benzene rings is 3. The minimum absolute atomic E-state index is 0.0992. The maximum absolute atomic E-state index is 12.0. The summed E-state index contributed by atoms with van der Waals surface area (Å²) in [5.41, 5.74) is 6.81. The van der Waals surface area contributed by atoms with Crippen LogP contribution >= 0.6 is 0 Å². The van der Waals surface area contributed by atoms with Gasteiger partial charge in [0.15, 0.2) is 6.61 Å². The molecule has 0 bridgehead atoms. The number of nitrogens with zero attached hydrogens (tertiary/aromatic N) is 2. The Hall–Kier alpha value is -3.64. The molecule has 1 aliphatic heterocycles. The molecule has 1 saturated heterocycles. The first-order valence-corrected chi connectivity index (χ1v) is 10.3. The molecule has 1 N–H and O–H groups in total. The Labute approximate surface area is 182 Å². The van der Waals surface area contributed by atoms with Gasteiger partial charge in [0.25, 0.3) is 5.91 Å². The smallest absolute Gasteiger partial charge is 0.277 e. The molecule has 158 valence electrons. The molecule has 1 heterocycles. The van der Waals surface area contributed by atoms with Gasteiger partial charge < -0.3 is 14.4 Å². The predicted molar refractivity (Wildman–Crippen MR) is 123 cm³/mol. The summed E-state index contributed by atoms with van der Waals surface area (Å²) in [5, 5.41) is 4.01. The molecule has 6 nitrogen and oxygen atoms in total. The monoisotopic (exact) mass is 415 g/mol. The zero-order valence-electron chi connectivity index (χ0n) is 17.2. The summed E-state index contributed by atoms with van der Waals surface area (Å²) in [6.45, 7) is 3.22. The van der Waals surface area contributed by atoms with Crippen molar-refractivity contribution < 1.29 is 14.3 Å². The Balaban J connectivity index is 1.22. The van der Waals surface area contributed by atoms with Crippen molar-refractivity contribution in [3.8, 4) is 16.9 Å². The van der Waals surface area contributed by atoms with Crippen molar-refractivity contribution in [2.45, 2.75) is 0 Å². The van der Waals surface area contributed by atoms with E-state index in [0.29, 0.717) is 5.75 Å². The molecule has 0 spiro atoms. The normalized spacial score (nSPS) is 13.9. The highest BCUT2D eigenvalue weighted by Crippen LogP contribution is 2.22. The van der Waals surface area contributed by atoms with E-state index in [-0.39, 0.29) is 12.5 Å². The number of hydrogen-bond acceptors (Lipinski definition) is 5. The van der Waals surface area contributed by atoms with E-state index in [9.17, 15) is 4.79 Å². The topological polar surface area (TPSA) is 63.2 Å². The molecule has 4 rings (SSSR count). The maximum atomic E-state index is 12.0. The molecule has 0 aliphatic carbocycles. The van der Waals surface area contributed by atoms with Crippen LogP contribution in [0, 0.1) is 0 Å². The molecular weight excluding hydrogens is 390 g/mol. The molecule has 3 aromatic carbocycles. The lowest BCUT2D eigenvalue weighted by Gasteiger charge is -2.28. The van der Waals surface area contributed by atoms with Crippen molar-refractivity contribution in [1.29, 1.82) is 0 Å². The molecule has 0 saturated carbocycles. The molecule has 0 radical (unpaired) electrons. The van der Waals surface area contributed by atoms with Crippen LogP contribution in [0.5, 0.6) is 5.75 Å². The number of hydrazone groups is 1. The summed E-state index contributed by atoms with van der Waals surface area (Å²) >= 11 is 0. The summed E-state index contributed by atoms with van der Waals surface area (Å²) in [5.74, 6) is 0.325. The first-order chi connectivity index (χ1) is 15.3. The highest BCUT2D eigenvalue weighted by Gasteiger charge is 2.10. The van der Waals surface area contributed by atoms with Crippen molar-refractivity contribution in [3.63, 3.8) is 0 Å². The van der Waals surface area contributed by atoms with E-state index in [1.54, 1.807) is 6.21 Å². The first-order valence-electron chi connectivity index (χ1n) is 10.3. The fourth-order valence-corrected chi connectivity index (χ4v) is 3.33. The van der Waals surface area contributed by atoms with Gasteiger partial charge in [-0.2, -0.15) is 5.10 Å². The van der Waals surface area contributed by atoms with E-state index >= 15 is 0 Å². The number of anilines is 1. The van der Waals surface area contributed by atoms with Crippen LogP contribution in [0.4, 0.5) is 5.69 Å². The Morgan fingerprint density at radius 3 is 2.32 bits per heavy atom. The lowest BCUT2D eigenvalue weighted by Crippen LogP contribution is -2.36. The van der Waals surface area contributed by atoms with Gasteiger partial charge in [0.05, 0.1) is 19.4 Å². The molecule has 0 aromatic heterocycles. The van der Waals surface area contributed by atoms with Gasteiger partial charge in [-0.25, -0.2) is 5.43 Å². The van der Waals surface area contributed by atoms with Crippen LogP contribution in [0.2, 0.25) is 0 Å². The van der Waals surface area contributed by atoms with Gasteiger partial charge in [0.2, 0.25) is 0 Å². The molecule has 31 heavy (non-hydrogen) atoms. The van der Waals surface area contributed by atoms with E-state index < -0.39 is 0 Å². The van der Waals surface area contributed by atoms with E-state index in [0.717, 1.165) is 48.7 Å². The minimum Gasteiger partial charge on any atom is -0.484 e. The third kappa shape index (κ3) is 5.93. The Bertz CT molecular complexity index is 996. The van der Waals surface area contributed by atoms with Crippen molar-refractivity contribution in [1.82, 2.24) is 5.43 Å². The molecule has 0 atom stereocenters. The average Bonchev–Trinajstić information content (AvgIpc) is 2.85. The Morgan fingerprint density at radius 2 is 1.61 bits per heavy atom. The number of hydrogen-bond donors (Lipinski definition) is 1. The predicted octanol–water partition coefficient (Wildman–Crippen LogP) is 3.72. The van der Waals surface area contributed by atoms with E-state index in [1.165, 1.54) is 0 Å². The number of ether oxygens (including phenoxy) is 2. The largest absolute Gasteiger partial charge is 0.484 e. The zero-order chi connectivity index (χ0) is 21.3. The van der Waals surface area contributed by atoms with E-state index in [1.807, 2.05) is 54.6 Å². The molecule has 6 heteroatoms. The van der Waals surface area contributed by atoms with Crippen LogP contribution in [0.25, 0.3) is 11.1 Å². The van der Waals surface area contributed by atoms with Gasteiger partial charge in [0.1, 0.15) is 5.75 Å². The number of morpholine rings is 1. The molecule has 1 amide bonds. The average molecular weight is 415 g/mol. The van der Waals surface area contributed by atoms with Crippen molar-refractivity contribution >= 4 is 17.8 Å². The van der Waals surface area contributed by atoms with Crippen LogP contribution < -0.4 is 15.1 Å². The number of carbonyl (C=O) groups is 1. The third-order valence-corrected chi connectivity index (χ3v) is 5.00. The number of amides is 1. The maximum Gasteiger partial charge on any atom is 0.277 e. The van der Waals surface area contributed by atoms with Gasteiger partial charge in [-0.05, 0) is 41.0 Å². The number of carbonyl (C=O) groups excluding carboxylic acids is 1. The highest BCUT2D eigenvalue weighted by atomic mass is 16.5. The summed E-state index contributed by atoms with van der Waals surface area (Å²) in [7, 11) is 0. The standard InChI is InChI=1S/C25H25N3O3/c29-25(19-31-24-12-8-22(9-13-24)21-4-2-1-3-5-21)27-26-18-20-6-10-23(11-7-20)28-14-16-30-17-15-28/h1-13,18H,14-17,19H2,(H,27,29)/b26-18-. The first kappa shape index (κ1) is 20.6. The Kier molecular flexibility index (Phi) is 6.92. The van der Waals surface area contributed by atoms with Crippen LogP contribution in [-0.2, 0) is 9.53 Å². The van der Waals surface area contributed by atoms with Crippen LogP contribution in [0.1, 0.15) is 5.56 Å². The third-order valence-electron chi connectivity index (χ3n) is 5.00. The molecular formula is C25H25N3O3. The summed E-state index contributed by atoms with van der Waals surface area (Å²) in [6.07, 6.45) is 1.62. The second-order valence-corrected chi connectivity index (χ2v) is 7.16. The minimum atomic E-state index is -0.312. The van der Waals surface area contributed by atoms with Gasteiger partial charge in [-0.3, -0.25) is 4.79 Å². The zero-order valence-corrected chi connectivity index (χ0v) is 17.2. The van der Waals surface area contributed by atoms with Crippen LogP contribution in [0.3, 0.4) is 0 Å². The van der Waals surface area contributed by atoms with Gasteiger partial charge in [0, 0.05) is 18.8 Å². The van der Waals surface area contributed by atoms with Crippen molar-refractivity contribution in [3.05, 3.63) is 84.4 Å². The quantitative estimate of drug-likeness (QED) is 0.472.